The van der Waals surface area contributed by atoms with Gasteiger partial charge in [0.2, 0.25) is 5.91 Å². The molecule has 1 saturated heterocycles. The topological polar surface area (TPSA) is 49.4 Å². The van der Waals surface area contributed by atoms with E-state index in [1.807, 2.05) is 0 Å². The molecule has 6 heteroatoms. The summed E-state index contributed by atoms with van der Waals surface area (Å²) >= 11 is 12.0. The van der Waals surface area contributed by atoms with Crippen molar-refractivity contribution in [2.24, 2.45) is 0 Å². The van der Waals surface area contributed by atoms with Gasteiger partial charge in [-0.25, -0.2) is 0 Å². The first-order chi connectivity index (χ1) is 10.1. The number of hydrogen-bond donors (Lipinski definition) is 1. The number of imide groups is 1. The normalized spacial score (nSPS) is 23.1. The largest absolute Gasteiger partial charge is 0.372 e. The number of nitrogens with one attached hydrogen (secondary N) is 1. The molecule has 2 aliphatic rings. The SMILES string of the molecule is O=C1CC(Nc2ccc(Cl)cc2Cl)C(=O)N1C1CCCC1. The Morgan fingerprint density at radius 2 is 1.86 bits per heavy atom. The summed E-state index contributed by atoms with van der Waals surface area (Å²) in [6, 6.07) is 4.59. The van der Waals surface area contributed by atoms with Gasteiger partial charge in [-0.15, -0.1) is 0 Å². The molecule has 112 valence electrons. The molecule has 4 nitrogen and oxygen atoms in total. The molecular formula is C15H16Cl2N2O2. The predicted molar refractivity (Wildman–Crippen MR) is 82.6 cm³/mol. The summed E-state index contributed by atoms with van der Waals surface area (Å²) in [7, 11) is 0. The maximum atomic E-state index is 12.5. The van der Waals surface area contributed by atoms with Gasteiger partial charge in [-0.05, 0) is 31.0 Å². The van der Waals surface area contributed by atoms with Crippen LogP contribution in [0.1, 0.15) is 32.1 Å². The highest BCUT2D eigenvalue weighted by Crippen LogP contribution is 2.31. The molecule has 1 heterocycles. The van der Waals surface area contributed by atoms with Gasteiger partial charge in [-0.1, -0.05) is 36.0 Å². The van der Waals surface area contributed by atoms with E-state index in [1.165, 1.54) is 4.90 Å². The van der Waals surface area contributed by atoms with Gasteiger partial charge in [-0.2, -0.15) is 0 Å². The molecule has 1 aliphatic carbocycles. The first kappa shape index (κ1) is 14.7. The van der Waals surface area contributed by atoms with Gasteiger partial charge in [0.05, 0.1) is 17.1 Å². The Kier molecular flexibility index (Phi) is 4.09. The van der Waals surface area contributed by atoms with Crippen molar-refractivity contribution in [2.45, 2.75) is 44.2 Å². The van der Waals surface area contributed by atoms with Gasteiger partial charge in [0.25, 0.3) is 5.91 Å². The Morgan fingerprint density at radius 3 is 2.52 bits per heavy atom. The third-order valence-corrected chi connectivity index (χ3v) is 4.68. The minimum atomic E-state index is -0.531. The zero-order valence-electron chi connectivity index (χ0n) is 11.4. The minimum absolute atomic E-state index is 0.0810. The summed E-state index contributed by atoms with van der Waals surface area (Å²) in [5.41, 5.74) is 0.625. The van der Waals surface area contributed by atoms with Crippen molar-refractivity contribution >= 4 is 40.7 Å². The molecule has 1 atom stereocenters. The van der Waals surface area contributed by atoms with E-state index in [1.54, 1.807) is 18.2 Å². The van der Waals surface area contributed by atoms with Crippen LogP contribution in [0.25, 0.3) is 0 Å². The Hall–Kier alpha value is -1.26. The number of hydrogen-bond acceptors (Lipinski definition) is 3. The molecule has 3 rings (SSSR count). The zero-order valence-corrected chi connectivity index (χ0v) is 13.0. The van der Waals surface area contributed by atoms with E-state index in [2.05, 4.69) is 5.32 Å². The van der Waals surface area contributed by atoms with Crippen LogP contribution in [0.15, 0.2) is 18.2 Å². The molecule has 0 spiro atoms. The number of anilines is 1. The van der Waals surface area contributed by atoms with Crippen LogP contribution in [0.5, 0.6) is 0 Å². The molecule has 1 N–H and O–H groups in total. The first-order valence-electron chi connectivity index (χ1n) is 7.14. The molecule has 0 aromatic heterocycles. The highest BCUT2D eigenvalue weighted by Gasteiger charge is 2.43. The highest BCUT2D eigenvalue weighted by molar-refractivity contribution is 6.36. The predicted octanol–water partition coefficient (Wildman–Crippen LogP) is 3.48. The number of amides is 2. The van der Waals surface area contributed by atoms with Gasteiger partial charge in [0.1, 0.15) is 6.04 Å². The van der Waals surface area contributed by atoms with Crippen LogP contribution in [-0.4, -0.2) is 28.8 Å². The third kappa shape index (κ3) is 2.87. The van der Waals surface area contributed by atoms with Crippen molar-refractivity contribution in [1.29, 1.82) is 0 Å². The summed E-state index contributed by atoms with van der Waals surface area (Å²) < 4.78 is 0. The Bertz CT molecular complexity index is 585. The fraction of sp³-hybridized carbons (Fsp3) is 0.467. The van der Waals surface area contributed by atoms with Crippen molar-refractivity contribution in [3.63, 3.8) is 0 Å². The lowest BCUT2D eigenvalue weighted by atomic mass is 10.2. The van der Waals surface area contributed by atoms with Crippen LogP contribution in [0.2, 0.25) is 10.0 Å². The van der Waals surface area contributed by atoms with Gasteiger partial charge in [-0.3, -0.25) is 14.5 Å². The summed E-state index contributed by atoms with van der Waals surface area (Å²) in [6.07, 6.45) is 4.21. The molecule has 2 fully saturated rings. The van der Waals surface area contributed by atoms with Gasteiger partial charge < -0.3 is 5.32 Å². The second-order valence-electron chi connectivity index (χ2n) is 5.57. The lowest BCUT2D eigenvalue weighted by Gasteiger charge is -2.22. The lowest BCUT2D eigenvalue weighted by Crippen LogP contribution is -2.40. The van der Waals surface area contributed by atoms with Crippen LogP contribution < -0.4 is 5.32 Å². The van der Waals surface area contributed by atoms with Crippen molar-refractivity contribution in [3.05, 3.63) is 28.2 Å². The lowest BCUT2D eigenvalue weighted by molar-refractivity contribution is -0.141. The van der Waals surface area contributed by atoms with Crippen molar-refractivity contribution < 1.29 is 9.59 Å². The van der Waals surface area contributed by atoms with Crippen LogP contribution >= 0.6 is 23.2 Å². The Morgan fingerprint density at radius 1 is 1.14 bits per heavy atom. The van der Waals surface area contributed by atoms with Gasteiger partial charge >= 0.3 is 0 Å². The fourth-order valence-electron chi connectivity index (χ4n) is 3.10. The average Bonchev–Trinajstić information content (AvgIpc) is 3.02. The van der Waals surface area contributed by atoms with E-state index >= 15 is 0 Å². The summed E-state index contributed by atoms with van der Waals surface area (Å²) in [6.45, 7) is 0. The standard InChI is InChI=1S/C15H16Cl2N2O2/c16-9-5-6-12(11(17)7-9)18-13-8-14(20)19(15(13)21)10-3-1-2-4-10/h5-7,10,13,18H,1-4,8H2. The molecule has 1 unspecified atom stereocenters. The van der Waals surface area contributed by atoms with E-state index in [-0.39, 0.29) is 24.3 Å². The van der Waals surface area contributed by atoms with Crippen molar-refractivity contribution in [1.82, 2.24) is 4.90 Å². The molecule has 1 aliphatic heterocycles. The van der Waals surface area contributed by atoms with Crippen molar-refractivity contribution in [2.75, 3.05) is 5.32 Å². The molecule has 0 radical (unpaired) electrons. The highest BCUT2D eigenvalue weighted by atomic mass is 35.5. The van der Waals surface area contributed by atoms with Crippen LogP contribution in [0.3, 0.4) is 0 Å². The number of nitrogens with zero attached hydrogens (tertiary/aromatic N) is 1. The van der Waals surface area contributed by atoms with E-state index in [0.717, 1.165) is 25.7 Å². The molecule has 2 amide bonds. The first-order valence-corrected chi connectivity index (χ1v) is 7.89. The second-order valence-corrected chi connectivity index (χ2v) is 6.41. The smallest absolute Gasteiger partial charge is 0.252 e. The number of likely N-dealkylation sites (tertiary alicyclic amines) is 1. The molecule has 1 aromatic rings. The Labute approximate surface area is 133 Å². The number of halogens is 2. The Balaban J connectivity index is 1.75. The third-order valence-electron chi connectivity index (χ3n) is 4.13. The van der Waals surface area contributed by atoms with E-state index in [4.69, 9.17) is 23.2 Å². The maximum absolute atomic E-state index is 12.5. The second kappa shape index (κ2) is 5.85. The number of rotatable bonds is 3. The minimum Gasteiger partial charge on any atom is -0.372 e. The van der Waals surface area contributed by atoms with E-state index < -0.39 is 6.04 Å². The number of benzene rings is 1. The quantitative estimate of drug-likeness (QED) is 0.865. The maximum Gasteiger partial charge on any atom is 0.252 e. The molecule has 1 aromatic carbocycles. The summed E-state index contributed by atoms with van der Waals surface area (Å²) in [4.78, 5) is 26.0. The number of carbonyl (C=O) groups excluding carboxylic acids is 2. The van der Waals surface area contributed by atoms with Crippen LogP contribution in [-0.2, 0) is 9.59 Å². The van der Waals surface area contributed by atoms with E-state index in [0.29, 0.717) is 15.7 Å². The van der Waals surface area contributed by atoms with Crippen LogP contribution in [0, 0.1) is 0 Å². The number of carbonyl (C=O) groups is 2. The monoisotopic (exact) mass is 326 g/mol. The molecular weight excluding hydrogens is 311 g/mol. The molecule has 1 saturated carbocycles. The average molecular weight is 327 g/mol. The molecule has 0 bridgehead atoms. The molecule has 21 heavy (non-hydrogen) atoms. The van der Waals surface area contributed by atoms with E-state index in [9.17, 15) is 9.59 Å². The zero-order chi connectivity index (χ0) is 15.0. The van der Waals surface area contributed by atoms with Crippen molar-refractivity contribution in [3.8, 4) is 0 Å². The fourth-order valence-corrected chi connectivity index (χ4v) is 3.57. The van der Waals surface area contributed by atoms with Crippen LogP contribution in [0.4, 0.5) is 5.69 Å². The summed E-state index contributed by atoms with van der Waals surface area (Å²) in [5, 5.41) is 4.05. The van der Waals surface area contributed by atoms with Gasteiger partial charge in [0.15, 0.2) is 0 Å². The van der Waals surface area contributed by atoms with Gasteiger partial charge in [0, 0.05) is 11.1 Å². The summed E-state index contributed by atoms with van der Waals surface area (Å²) in [5.74, 6) is -0.229.